The van der Waals surface area contributed by atoms with Gasteiger partial charge in [0, 0.05) is 5.54 Å². The second-order valence-electron chi connectivity index (χ2n) is 5.79. The highest BCUT2D eigenvalue weighted by Gasteiger charge is 2.53. The number of nitrogens with two attached hydrogens (primary N) is 1. The van der Waals surface area contributed by atoms with Crippen LogP contribution in [0, 0.1) is 5.92 Å². The fourth-order valence-corrected chi connectivity index (χ4v) is 3.62. The standard InChI is InChI=1S/C14H16F3N3O/c15-14(16,17)10-3-1-2-9(6-10)13-5-4-8(7-13)11(19-13)12(21)20-18/h1-3,6,8,11,19H,4-5,7,18H2,(H,20,21). The molecule has 1 amide bonds. The summed E-state index contributed by atoms with van der Waals surface area (Å²) in [6.45, 7) is 0. The summed E-state index contributed by atoms with van der Waals surface area (Å²) in [5.74, 6) is 4.96. The molecule has 3 unspecified atom stereocenters. The van der Waals surface area contributed by atoms with Gasteiger partial charge < -0.3 is 0 Å². The lowest BCUT2D eigenvalue weighted by Gasteiger charge is -2.32. The summed E-state index contributed by atoms with van der Waals surface area (Å²) < 4.78 is 38.6. The van der Waals surface area contributed by atoms with Crippen LogP contribution in [0.4, 0.5) is 13.2 Å². The van der Waals surface area contributed by atoms with Crippen molar-refractivity contribution in [2.45, 2.75) is 37.0 Å². The lowest BCUT2D eigenvalue weighted by atomic mass is 9.88. The second-order valence-corrected chi connectivity index (χ2v) is 5.79. The first-order valence-corrected chi connectivity index (χ1v) is 6.82. The third kappa shape index (κ3) is 2.30. The maximum atomic E-state index is 12.9. The fourth-order valence-electron chi connectivity index (χ4n) is 3.62. The number of carbonyl (C=O) groups excluding carboxylic acids is 1. The molecule has 1 aromatic carbocycles. The summed E-state index contributed by atoms with van der Waals surface area (Å²) in [5.41, 5.74) is 1.49. The second kappa shape index (κ2) is 4.71. The van der Waals surface area contributed by atoms with Gasteiger partial charge in [-0.3, -0.25) is 15.5 Å². The zero-order chi connectivity index (χ0) is 15.3. The molecule has 114 valence electrons. The lowest BCUT2D eigenvalue weighted by molar-refractivity contribution is -0.137. The predicted molar refractivity (Wildman–Crippen MR) is 69.7 cm³/mol. The third-order valence-electron chi connectivity index (χ3n) is 4.62. The molecule has 3 atom stereocenters. The Morgan fingerprint density at radius 2 is 2.19 bits per heavy atom. The molecule has 21 heavy (non-hydrogen) atoms. The van der Waals surface area contributed by atoms with E-state index in [4.69, 9.17) is 5.84 Å². The molecule has 7 heteroatoms. The number of rotatable bonds is 2. The average molecular weight is 299 g/mol. The first kappa shape index (κ1) is 14.3. The Morgan fingerprint density at radius 1 is 1.43 bits per heavy atom. The maximum Gasteiger partial charge on any atom is 0.416 e. The molecule has 4 nitrogen and oxygen atoms in total. The van der Waals surface area contributed by atoms with Crippen LogP contribution in [-0.2, 0) is 16.5 Å². The lowest BCUT2D eigenvalue weighted by Crippen LogP contribution is -2.52. The van der Waals surface area contributed by atoms with E-state index in [-0.39, 0.29) is 11.8 Å². The van der Waals surface area contributed by atoms with E-state index in [1.165, 1.54) is 12.1 Å². The van der Waals surface area contributed by atoms with Gasteiger partial charge in [-0.1, -0.05) is 12.1 Å². The number of hydrazine groups is 1. The third-order valence-corrected chi connectivity index (χ3v) is 4.62. The molecule has 1 aromatic rings. The molecule has 4 N–H and O–H groups in total. The Labute approximate surface area is 119 Å². The van der Waals surface area contributed by atoms with Crippen LogP contribution in [0.2, 0.25) is 0 Å². The summed E-state index contributed by atoms with van der Waals surface area (Å²) in [6.07, 6.45) is -2.17. The number of hydrogen-bond donors (Lipinski definition) is 3. The van der Waals surface area contributed by atoms with E-state index in [2.05, 4.69) is 10.7 Å². The van der Waals surface area contributed by atoms with Crippen molar-refractivity contribution < 1.29 is 18.0 Å². The summed E-state index contributed by atoms with van der Waals surface area (Å²) in [5, 5.41) is 3.19. The van der Waals surface area contributed by atoms with Gasteiger partial charge in [0.1, 0.15) is 0 Å². The van der Waals surface area contributed by atoms with Crippen LogP contribution >= 0.6 is 0 Å². The highest BCUT2D eigenvalue weighted by atomic mass is 19.4. The zero-order valence-electron chi connectivity index (χ0n) is 11.2. The van der Waals surface area contributed by atoms with Gasteiger partial charge >= 0.3 is 6.18 Å². The average Bonchev–Trinajstić information content (AvgIpc) is 3.05. The Balaban J connectivity index is 1.93. The number of alkyl halides is 3. The minimum absolute atomic E-state index is 0.114. The number of hydrogen-bond acceptors (Lipinski definition) is 3. The van der Waals surface area contributed by atoms with E-state index in [0.29, 0.717) is 12.0 Å². The molecule has 0 radical (unpaired) electrons. The topological polar surface area (TPSA) is 67.1 Å². The number of benzene rings is 1. The van der Waals surface area contributed by atoms with Crippen LogP contribution in [0.25, 0.3) is 0 Å². The number of carbonyl (C=O) groups is 1. The predicted octanol–water partition coefficient (Wildman–Crippen LogP) is 1.66. The molecule has 1 saturated carbocycles. The van der Waals surface area contributed by atoms with E-state index in [0.717, 1.165) is 18.9 Å². The maximum absolute atomic E-state index is 12.9. The van der Waals surface area contributed by atoms with E-state index in [1.54, 1.807) is 6.07 Å². The van der Waals surface area contributed by atoms with Crippen molar-refractivity contribution in [2.24, 2.45) is 11.8 Å². The van der Waals surface area contributed by atoms with Gasteiger partial charge in [0.2, 0.25) is 0 Å². The van der Waals surface area contributed by atoms with Crippen molar-refractivity contribution in [3.8, 4) is 0 Å². The number of halogens is 3. The van der Waals surface area contributed by atoms with Gasteiger partial charge in [0.15, 0.2) is 0 Å². The minimum Gasteiger partial charge on any atom is -0.296 e. The largest absolute Gasteiger partial charge is 0.416 e. The van der Waals surface area contributed by atoms with Gasteiger partial charge in [0.25, 0.3) is 5.91 Å². The van der Waals surface area contributed by atoms with E-state index < -0.39 is 23.3 Å². The zero-order valence-corrected chi connectivity index (χ0v) is 11.2. The monoisotopic (exact) mass is 299 g/mol. The molecule has 1 saturated heterocycles. The van der Waals surface area contributed by atoms with Crippen molar-refractivity contribution in [2.75, 3.05) is 0 Å². The first-order valence-electron chi connectivity index (χ1n) is 6.82. The Kier molecular flexibility index (Phi) is 3.22. The summed E-state index contributed by atoms with van der Waals surface area (Å²) in [6, 6.07) is 4.91. The summed E-state index contributed by atoms with van der Waals surface area (Å²) in [4.78, 5) is 11.7. The van der Waals surface area contributed by atoms with E-state index in [1.807, 2.05) is 0 Å². The molecule has 1 aliphatic carbocycles. The SMILES string of the molecule is NNC(=O)C1NC2(c3cccc(C(F)(F)F)c3)CCC1C2. The van der Waals surface area contributed by atoms with Crippen LogP contribution in [0.15, 0.2) is 24.3 Å². The van der Waals surface area contributed by atoms with Gasteiger partial charge in [-0.05, 0) is 42.9 Å². The van der Waals surface area contributed by atoms with E-state index >= 15 is 0 Å². The first-order chi connectivity index (χ1) is 9.86. The molecule has 0 aromatic heterocycles. The van der Waals surface area contributed by atoms with Crippen molar-refractivity contribution >= 4 is 5.91 Å². The molecule has 1 heterocycles. The molecular weight excluding hydrogens is 283 g/mol. The summed E-state index contributed by atoms with van der Waals surface area (Å²) in [7, 11) is 0. The molecule has 2 aliphatic rings. The molecule has 2 bridgehead atoms. The number of amides is 1. The highest BCUT2D eigenvalue weighted by molar-refractivity contribution is 5.82. The van der Waals surface area contributed by atoms with Crippen LogP contribution in [0.5, 0.6) is 0 Å². The van der Waals surface area contributed by atoms with Crippen LogP contribution < -0.4 is 16.6 Å². The molecule has 3 rings (SSSR count). The highest BCUT2D eigenvalue weighted by Crippen LogP contribution is 2.50. The minimum atomic E-state index is -4.36. The Hall–Kier alpha value is -1.60. The fraction of sp³-hybridized carbons (Fsp3) is 0.500. The number of fused-ring (bicyclic) bond motifs is 2. The van der Waals surface area contributed by atoms with Crippen molar-refractivity contribution in [3.63, 3.8) is 0 Å². The van der Waals surface area contributed by atoms with Crippen LogP contribution in [0.3, 0.4) is 0 Å². The van der Waals surface area contributed by atoms with Crippen molar-refractivity contribution in [1.82, 2.24) is 10.7 Å². The normalized spacial score (nSPS) is 31.4. The van der Waals surface area contributed by atoms with E-state index in [9.17, 15) is 18.0 Å². The molecule has 0 spiro atoms. The van der Waals surface area contributed by atoms with Crippen molar-refractivity contribution in [3.05, 3.63) is 35.4 Å². The van der Waals surface area contributed by atoms with Gasteiger partial charge in [-0.25, -0.2) is 5.84 Å². The van der Waals surface area contributed by atoms with Gasteiger partial charge in [0.05, 0.1) is 11.6 Å². The van der Waals surface area contributed by atoms with Gasteiger partial charge in [-0.15, -0.1) is 0 Å². The quantitative estimate of drug-likeness (QED) is 0.442. The Morgan fingerprint density at radius 3 is 2.86 bits per heavy atom. The van der Waals surface area contributed by atoms with Crippen LogP contribution in [-0.4, -0.2) is 11.9 Å². The number of nitrogens with one attached hydrogen (secondary N) is 2. The smallest absolute Gasteiger partial charge is 0.296 e. The Bertz CT molecular complexity index is 575. The van der Waals surface area contributed by atoms with Crippen molar-refractivity contribution in [1.29, 1.82) is 0 Å². The van der Waals surface area contributed by atoms with Crippen LogP contribution in [0.1, 0.15) is 30.4 Å². The van der Waals surface area contributed by atoms with Gasteiger partial charge in [-0.2, -0.15) is 13.2 Å². The summed E-state index contributed by atoms with van der Waals surface area (Å²) >= 11 is 0. The molecule has 1 aliphatic heterocycles. The molecule has 2 fully saturated rings. The molecular formula is C14H16F3N3O. The number of piperidine rings is 1.